The molecule has 2 aliphatic rings. The molecule has 2 aliphatic heterocycles. The van der Waals surface area contributed by atoms with Gasteiger partial charge in [0, 0.05) is 30.4 Å². The second-order valence-corrected chi connectivity index (χ2v) is 15.4. The van der Waals surface area contributed by atoms with Gasteiger partial charge in [-0.2, -0.15) is 9.40 Å². The highest BCUT2D eigenvalue weighted by Gasteiger charge is 2.34. The number of rotatable bonds is 7. The number of para-hydroxylation sites is 1. The number of thiocarbonyl (C=S) groups is 1. The highest BCUT2D eigenvalue weighted by molar-refractivity contribution is 8.26. The van der Waals surface area contributed by atoms with Gasteiger partial charge in [-0.05, 0) is 61.1 Å². The van der Waals surface area contributed by atoms with Crippen LogP contribution in [0.3, 0.4) is 0 Å². The predicted octanol–water partition coefficient (Wildman–Crippen LogP) is 6.92. The van der Waals surface area contributed by atoms with Gasteiger partial charge in [0.15, 0.2) is 0 Å². The first-order valence-corrected chi connectivity index (χ1v) is 17.3. The van der Waals surface area contributed by atoms with E-state index >= 15 is 0 Å². The van der Waals surface area contributed by atoms with Crippen LogP contribution in [0.5, 0.6) is 0 Å². The number of hydrogen-bond acceptors (Lipinski definition) is 6. The van der Waals surface area contributed by atoms with E-state index in [1.807, 2.05) is 79.9 Å². The molecule has 7 nitrogen and oxygen atoms in total. The fourth-order valence-corrected chi connectivity index (χ4v) is 8.81. The van der Waals surface area contributed by atoms with E-state index in [4.69, 9.17) is 17.3 Å². The molecule has 1 amide bonds. The summed E-state index contributed by atoms with van der Waals surface area (Å²) in [5.41, 5.74) is 4.93. The van der Waals surface area contributed by atoms with Gasteiger partial charge in [-0.25, -0.2) is 13.1 Å². The van der Waals surface area contributed by atoms with Gasteiger partial charge in [-0.3, -0.25) is 9.69 Å². The minimum atomic E-state index is -3.69. The molecule has 2 saturated heterocycles. The molecule has 3 heterocycles. The Labute approximate surface area is 268 Å². The van der Waals surface area contributed by atoms with E-state index in [-0.39, 0.29) is 10.8 Å². The van der Waals surface area contributed by atoms with Gasteiger partial charge in [-0.15, -0.1) is 0 Å². The van der Waals surface area contributed by atoms with E-state index in [0.29, 0.717) is 57.5 Å². The Morgan fingerprint density at radius 1 is 0.977 bits per heavy atom. The van der Waals surface area contributed by atoms with Crippen molar-refractivity contribution in [2.45, 2.75) is 38.6 Å². The van der Waals surface area contributed by atoms with Crippen molar-refractivity contribution in [2.24, 2.45) is 11.8 Å². The zero-order chi connectivity index (χ0) is 31.0. The van der Waals surface area contributed by atoms with Crippen LogP contribution < -0.4 is 0 Å². The number of benzene rings is 3. The lowest BCUT2D eigenvalue weighted by atomic mass is 9.94. The number of hydrogen-bond donors (Lipinski definition) is 0. The molecule has 1 aromatic heterocycles. The molecule has 2 atom stereocenters. The van der Waals surface area contributed by atoms with Gasteiger partial charge in [0.05, 0.1) is 22.0 Å². The molecular weight excluding hydrogens is 609 g/mol. The summed E-state index contributed by atoms with van der Waals surface area (Å²) in [6, 6.07) is 24.7. The van der Waals surface area contributed by atoms with E-state index in [0.717, 1.165) is 23.2 Å². The average molecular weight is 643 g/mol. The topological polar surface area (TPSA) is 75.5 Å². The van der Waals surface area contributed by atoms with E-state index in [9.17, 15) is 13.2 Å². The first-order chi connectivity index (χ1) is 21.1. The van der Waals surface area contributed by atoms with Crippen molar-refractivity contribution in [3.8, 4) is 16.9 Å². The highest BCUT2D eigenvalue weighted by atomic mass is 32.2. The maximum absolute atomic E-state index is 13.8. The molecule has 0 bridgehead atoms. The summed E-state index contributed by atoms with van der Waals surface area (Å²) in [5.74, 6) is 0.438. The quantitative estimate of drug-likeness (QED) is 0.161. The molecule has 4 aromatic rings. The van der Waals surface area contributed by atoms with Crippen LogP contribution in [0, 0.1) is 18.8 Å². The Bertz CT molecular complexity index is 1840. The number of aryl methyl sites for hydroxylation is 1. The summed E-state index contributed by atoms with van der Waals surface area (Å²) in [6.07, 6.45) is 4.70. The molecule has 10 heteroatoms. The first-order valence-electron chi connectivity index (χ1n) is 14.6. The minimum Gasteiger partial charge on any atom is -0.288 e. The Morgan fingerprint density at radius 3 is 2.39 bits per heavy atom. The lowest BCUT2D eigenvalue weighted by Crippen LogP contribution is -2.42. The van der Waals surface area contributed by atoms with E-state index in [1.165, 1.54) is 11.8 Å². The van der Waals surface area contributed by atoms with Crippen molar-refractivity contribution in [1.29, 1.82) is 0 Å². The van der Waals surface area contributed by atoms with Gasteiger partial charge in [0.25, 0.3) is 5.91 Å². The van der Waals surface area contributed by atoms with Crippen LogP contribution in [0.4, 0.5) is 0 Å². The largest absolute Gasteiger partial charge is 0.288 e. The number of aromatic nitrogens is 2. The summed E-state index contributed by atoms with van der Waals surface area (Å²) in [7, 11) is -3.69. The molecule has 44 heavy (non-hydrogen) atoms. The van der Waals surface area contributed by atoms with E-state index in [1.54, 1.807) is 32.1 Å². The number of piperidine rings is 1. The fraction of sp³-hybridized carbons (Fsp3) is 0.265. The normalized spacial score (nSPS) is 20.5. The summed E-state index contributed by atoms with van der Waals surface area (Å²) < 4.78 is 31.4. The van der Waals surface area contributed by atoms with E-state index < -0.39 is 10.0 Å². The summed E-state index contributed by atoms with van der Waals surface area (Å²) in [4.78, 5) is 15.9. The zero-order valence-electron chi connectivity index (χ0n) is 24.9. The Morgan fingerprint density at radius 2 is 1.68 bits per heavy atom. The maximum Gasteiger partial charge on any atom is 0.266 e. The van der Waals surface area contributed by atoms with Crippen molar-refractivity contribution in [2.75, 3.05) is 13.1 Å². The average Bonchev–Trinajstić information content (AvgIpc) is 3.54. The van der Waals surface area contributed by atoms with Crippen LogP contribution in [0.25, 0.3) is 23.0 Å². The van der Waals surface area contributed by atoms with Crippen molar-refractivity contribution >= 4 is 50.3 Å². The third kappa shape index (κ3) is 6.30. The molecule has 2 unspecified atom stereocenters. The van der Waals surface area contributed by atoms with Gasteiger partial charge in [0.1, 0.15) is 10.0 Å². The third-order valence-corrected chi connectivity index (χ3v) is 11.2. The van der Waals surface area contributed by atoms with Crippen molar-refractivity contribution in [1.82, 2.24) is 19.0 Å². The van der Waals surface area contributed by atoms with Crippen LogP contribution >= 0.6 is 24.0 Å². The van der Waals surface area contributed by atoms with Gasteiger partial charge >= 0.3 is 0 Å². The maximum atomic E-state index is 13.8. The predicted molar refractivity (Wildman–Crippen MR) is 181 cm³/mol. The Kier molecular flexibility index (Phi) is 8.61. The number of nitrogens with zero attached hydrogens (tertiary/aromatic N) is 4. The second-order valence-electron chi connectivity index (χ2n) is 11.8. The molecule has 2 fully saturated rings. The number of carbonyl (C=O) groups excluding carboxylic acids is 1. The number of carbonyl (C=O) groups is 1. The number of amides is 1. The summed E-state index contributed by atoms with van der Waals surface area (Å²) >= 11 is 6.88. The first kappa shape index (κ1) is 30.5. The van der Waals surface area contributed by atoms with Crippen molar-refractivity contribution in [3.05, 3.63) is 107 Å². The molecule has 3 aromatic carbocycles. The number of sulfonamides is 1. The zero-order valence-corrected chi connectivity index (χ0v) is 27.3. The third-order valence-electron chi connectivity index (χ3n) is 7.97. The molecule has 0 spiro atoms. The highest BCUT2D eigenvalue weighted by Crippen LogP contribution is 2.36. The molecule has 6 rings (SSSR count). The van der Waals surface area contributed by atoms with Crippen LogP contribution in [-0.2, 0) is 21.4 Å². The summed E-state index contributed by atoms with van der Waals surface area (Å²) in [5, 5.41) is 4.89. The SMILES string of the molecule is Cc1ccc(CN2C(=O)C(=Cc3cn(-c4ccccc4)nc3-c3cccc(S(=O)(=O)N4CC(C)CC(C)C4)c3)SC2=S)cc1. The van der Waals surface area contributed by atoms with Crippen LogP contribution in [-0.4, -0.2) is 50.7 Å². The lowest BCUT2D eigenvalue weighted by molar-refractivity contribution is -0.122. The van der Waals surface area contributed by atoms with E-state index in [2.05, 4.69) is 13.8 Å². The van der Waals surface area contributed by atoms with Gasteiger partial charge < -0.3 is 0 Å². The lowest BCUT2D eigenvalue weighted by Gasteiger charge is -2.34. The molecule has 0 radical (unpaired) electrons. The van der Waals surface area contributed by atoms with Crippen LogP contribution in [0.2, 0.25) is 0 Å². The second kappa shape index (κ2) is 12.4. The molecule has 0 aliphatic carbocycles. The van der Waals surface area contributed by atoms with Crippen LogP contribution in [0.15, 0.2) is 94.9 Å². The summed E-state index contributed by atoms with van der Waals surface area (Å²) in [6.45, 7) is 7.64. The Hall–Kier alpha value is -3.57. The molecule has 226 valence electrons. The monoisotopic (exact) mass is 642 g/mol. The van der Waals surface area contributed by atoms with Crippen LogP contribution in [0.1, 0.15) is 37.0 Å². The minimum absolute atomic E-state index is 0.163. The standard InChI is InChI=1S/C34H34N4O3S3/c1-23-12-14-26(15-13-23)21-37-33(39)31(43-34(37)42)18-28-22-38(29-9-5-4-6-10-29)35-32(28)27-8-7-11-30(17-27)44(40,41)36-19-24(2)16-25(3)20-36/h4-15,17-18,22,24-25H,16,19-21H2,1-3H3. The van der Waals surface area contributed by atoms with Crippen molar-refractivity contribution < 1.29 is 13.2 Å². The van der Waals surface area contributed by atoms with Crippen molar-refractivity contribution in [3.63, 3.8) is 0 Å². The Balaban J connectivity index is 1.37. The smallest absolute Gasteiger partial charge is 0.266 e. The molecule has 0 saturated carbocycles. The number of thioether (sulfide) groups is 1. The fourth-order valence-electron chi connectivity index (χ4n) is 5.84. The van der Waals surface area contributed by atoms with Gasteiger partial charge in [0.2, 0.25) is 10.0 Å². The molecular formula is C34H34N4O3S3. The molecule has 0 N–H and O–H groups in total. The van der Waals surface area contributed by atoms with Gasteiger partial charge in [-0.1, -0.05) is 98.0 Å².